The highest BCUT2D eigenvalue weighted by Crippen LogP contribution is 2.17. The lowest BCUT2D eigenvalue weighted by Gasteiger charge is -2.32. The quantitative estimate of drug-likeness (QED) is 0.810. The van der Waals surface area contributed by atoms with E-state index in [9.17, 15) is 9.59 Å². The second kappa shape index (κ2) is 8.02. The highest BCUT2D eigenvalue weighted by molar-refractivity contribution is 9.10. The molecule has 0 aliphatic carbocycles. The van der Waals surface area contributed by atoms with Crippen LogP contribution in [0, 0.1) is 0 Å². The van der Waals surface area contributed by atoms with Gasteiger partial charge in [0.05, 0.1) is 0 Å². The van der Waals surface area contributed by atoms with Gasteiger partial charge >= 0.3 is 0 Å². The molecule has 1 aliphatic heterocycles. The molecular weight excluding hydrogens is 404 g/mol. The van der Waals surface area contributed by atoms with Gasteiger partial charge in [-0.3, -0.25) is 9.59 Å². The Morgan fingerprint density at radius 1 is 1.04 bits per heavy atom. The summed E-state index contributed by atoms with van der Waals surface area (Å²) in [7, 11) is 0. The third-order valence-electron chi connectivity index (χ3n) is 4.30. The largest absolute Gasteiger partial charge is 0.349 e. The maximum absolute atomic E-state index is 12.5. The molecule has 1 N–H and O–H groups in total. The predicted molar refractivity (Wildman–Crippen MR) is 102 cm³/mol. The summed E-state index contributed by atoms with van der Waals surface area (Å²) < 4.78 is 0.942. The Hall–Kier alpha value is -1.85. The number of benzene rings is 2. The predicted octanol–water partition coefficient (Wildman–Crippen LogP) is 4.14. The summed E-state index contributed by atoms with van der Waals surface area (Å²) in [6, 6.07) is 14.3. The lowest BCUT2D eigenvalue weighted by atomic mass is 10.0. The number of rotatable bonds is 3. The Morgan fingerprint density at radius 2 is 1.72 bits per heavy atom. The summed E-state index contributed by atoms with van der Waals surface area (Å²) in [6.45, 7) is 1.24. The molecule has 0 aromatic heterocycles. The van der Waals surface area contributed by atoms with Crippen molar-refractivity contribution in [1.82, 2.24) is 10.2 Å². The maximum Gasteiger partial charge on any atom is 0.253 e. The van der Waals surface area contributed by atoms with Crippen molar-refractivity contribution in [3.63, 3.8) is 0 Å². The molecule has 130 valence electrons. The highest BCUT2D eigenvalue weighted by atomic mass is 79.9. The van der Waals surface area contributed by atoms with Gasteiger partial charge in [-0.25, -0.2) is 0 Å². The highest BCUT2D eigenvalue weighted by Gasteiger charge is 2.25. The van der Waals surface area contributed by atoms with E-state index >= 15 is 0 Å². The fraction of sp³-hybridized carbons (Fsp3) is 0.263. The molecule has 2 aromatic rings. The molecule has 0 spiro atoms. The molecule has 2 aromatic carbocycles. The number of hydrogen-bond donors (Lipinski definition) is 1. The number of likely N-dealkylation sites (tertiary alicyclic amines) is 1. The first kappa shape index (κ1) is 18.0. The van der Waals surface area contributed by atoms with Crippen LogP contribution in [0.15, 0.2) is 53.0 Å². The van der Waals surface area contributed by atoms with Crippen molar-refractivity contribution >= 4 is 39.3 Å². The first-order valence-corrected chi connectivity index (χ1v) is 9.31. The van der Waals surface area contributed by atoms with E-state index in [1.165, 1.54) is 0 Å². The number of carbonyl (C=O) groups excluding carboxylic acids is 2. The van der Waals surface area contributed by atoms with Gasteiger partial charge in [0.1, 0.15) is 0 Å². The van der Waals surface area contributed by atoms with Crippen LogP contribution in [-0.2, 0) is 0 Å². The Balaban J connectivity index is 1.54. The SMILES string of the molecule is O=C(NC1CCN(C(=O)c2cccc(Cl)c2)CC1)c1ccc(Br)cc1. The van der Waals surface area contributed by atoms with Crippen LogP contribution in [0.4, 0.5) is 0 Å². The zero-order valence-corrected chi connectivity index (χ0v) is 15.9. The Kier molecular flexibility index (Phi) is 5.76. The van der Waals surface area contributed by atoms with Gasteiger partial charge in [-0.2, -0.15) is 0 Å². The van der Waals surface area contributed by atoms with Crippen LogP contribution in [-0.4, -0.2) is 35.8 Å². The van der Waals surface area contributed by atoms with Gasteiger partial charge in [-0.05, 0) is 55.3 Å². The topological polar surface area (TPSA) is 49.4 Å². The Morgan fingerprint density at radius 3 is 2.36 bits per heavy atom. The van der Waals surface area contributed by atoms with Crippen LogP contribution < -0.4 is 5.32 Å². The summed E-state index contributed by atoms with van der Waals surface area (Å²) in [4.78, 5) is 26.6. The van der Waals surface area contributed by atoms with E-state index in [1.807, 2.05) is 17.0 Å². The fourth-order valence-corrected chi connectivity index (χ4v) is 3.36. The molecule has 1 saturated heterocycles. The molecular formula is C19H18BrClN2O2. The number of nitrogens with zero attached hydrogens (tertiary/aromatic N) is 1. The molecule has 0 unspecified atom stereocenters. The summed E-state index contributed by atoms with van der Waals surface area (Å²) in [5, 5.41) is 3.61. The van der Waals surface area contributed by atoms with Crippen LogP contribution in [0.1, 0.15) is 33.6 Å². The molecule has 1 fully saturated rings. The first-order valence-electron chi connectivity index (χ1n) is 8.14. The zero-order chi connectivity index (χ0) is 17.8. The summed E-state index contributed by atoms with van der Waals surface area (Å²) in [5.41, 5.74) is 1.24. The van der Waals surface area contributed by atoms with Crippen molar-refractivity contribution in [1.29, 1.82) is 0 Å². The number of halogens is 2. The molecule has 2 amide bonds. The summed E-state index contributed by atoms with van der Waals surface area (Å²) in [6.07, 6.45) is 1.49. The minimum atomic E-state index is -0.0767. The minimum Gasteiger partial charge on any atom is -0.349 e. The summed E-state index contributed by atoms with van der Waals surface area (Å²) >= 11 is 9.31. The standard InChI is InChI=1S/C19H18BrClN2O2/c20-15-6-4-13(5-7-15)18(24)22-17-8-10-23(11-9-17)19(25)14-2-1-3-16(21)12-14/h1-7,12,17H,8-11H2,(H,22,24). The van der Waals surface area contributed by atoms with Crippen molar-refractivity contribution in [3.05, 3.63) is 69.2 Å². The Bertz CT molecular complexity index is 771. The van der Waals surface area contributed by atoms with E-state index in [0.717, 1.165) is 17.3 Å². The third-order valence-corrected chi connectivity index (χ3v) is 5.06. The third kappa shape index (κ3) is 4.61. The van der Waals surface area contributed by atoms with Crippen LogP contribution in [0.5, 0.6) is 0 Å². The lowest BCUT2D eigenvalue weighted by Crippen LogP contribution is -2.46. The maximum atomic E-state index is 12.5. The van der Waals surface area contributed by atoms with Crippen molar-refractivity contribution in [2.45, 2.75) is 18.9 Å². The van der Waals surface area contributed by atoms with E-state index in [2.05, 4.69) is 21.2 Å². The molecule has 25 heavy (non-hydrogen) atoms. The zero-order valence-electron chi connectivity index (χ0n) is 13.5. The van der Waals surface area contributed by atoms with Gasteiger partial charge in [0.25, 0.3) is 11.8 Å². The minimum absolute atomic E-state index is 0.0137. The van der Waals surface area contributed by atoms with Crippen LogP contribution >= 0.6 is 27.5 Å². The number of hydrogen-bond acceptors (Lipinski definition) is 2. The molecule has 0 atom stereocenters. The van der Waals surface area contributed by atoms with Crippen LogP contribution in [0.25, 0.3) is 0 Å². The van der Waals surface area contributed by atoms with E-state index < -0.39 is 0 Å². The van der Waals surface area contributed by atoms with E-state index in [0.29, 0.717) is 29.2 Å². The average molecular weight is 422 g/mol. The number of piperidine rings is 1. The second-order valence-electron chi connectivity index (χ2n) is 6.06. The van der Waals surface area contributed by atoms with Gasteiger partial charge in [0.15, 0.2) is 0 Å². The van der Waals surface area contributed by atoms with Crippen LogP contribution in [0.3, 0.4) is 0 Å². The van der Waals surface area contributed by atoms with E-state index in [-0.39, 0.29) is 17.9 Å². The fourth-order valence-electron chi connectivity index (χ4n) is 2.90. The Labute approximate surface area is 160 Å². The summed E-state index contributed by atoms with van der Waals surface area (Å²) in [5.74, 6) is -0.0905. The molecule has 1 heterocycles. The molecule has 3 rings (SSSR count). The second-order valence-corrected chi connectivity index (χ2v) is 7.41. The number of nitrogens with one attached hydrogen (secondary N) is 1. The smallest absolute Gasteiger partial charge is 0.253 e. The van der Waals surface area contributed by atoms with Gasteiger partial charge in [-0.15, -0.1) is 0 Å². The van der Waals surface area contributed by atoms with Gasteiger partial charge in [0, 0.05) is 39.8 Å². The molecule has 6 heteroatoms. The van der Waals surface area contributed by atoms with E-state index in [4.69, 9.17) is 11.6 Å². The molecule has 1 aliphatic rings. The van der Waals surface area contributed by atoms with Gasteiger partial charge in [0.2, 0.25) is 0 Å². The molecule has 4 nitrogen and oxygen atoms in total. The number of carbonyl (C=O) groups is 2. The monoisotopic (exact) mass is 420 g/mol. The molecule has 0 bridgehead atoms. The van der Waals surface area contributed by atoms with Crippen LogP contribution in [0.2, 0.25) is 5.02 Å². The van der Waals surface area contributed by atoms with Crippen molar-refractivity contribution < 1.29 is 9.59 Å². The molecule has 0 radical (unpaired) electrons. The lowest BCUT2D eigenvalue weighted by molar-refractivity contribution is 0.0698. The van der Waals surface area contributed by atoms with Crippen molar-refractivity contribution in [3.8, 4) is 0 Å². The molecule has 0 saturated carbocycles. The first-order chi connectivity index (χ1) is 12.0. The van der Waals surface area contributed by atoms with Gasteiger partial charge in [-0.1, -0.05) is 33.6 Å². The van der Waals surface area contributed by atoms with Crippen molar-refractivity contribution in [2.24, 2.45) is 0 Å². The average Bonchev–Trinajstić information content (AvgIpc) is 2.62. The number of amides is 2. The van der Waals surface area contributed by atoms with E-state index in [1.54, 1.807) is 36.4 Å². The van der Waals surface area contributed by atoms with Crippen molar-refractivity contribution in [2.75, 3.05) is 13.1 Å². The van der Waals surface area contributed by atoms with Gasteiger partial charge < -0.3 is 10.2 Å². The normalized spacial score (nSPS) is 15.0.